The molecule has 0 aliphatic rings. The second kappa shape index (κ2) is 6.14. The number of anilines is 1. The molecule has 0 aliphatic carbocycles. The van der Waals surface area contributed by atoms with Crippen LogP contribution < -0.4 is 10.5 Å². The summed E-state index contributed by atoms with van der Waals surface area (Å²) in [6.07, 6.45) is 2.26. The number of rotatable bonds is 6. The Balaban J connectivity index is 3.35. The Bertz CT molecular complexity index is 568. The van der Waals surface area contributed by atoms with Crippen LogP contribution in [0.3, 0.4) is 0 Å². The number of hydrogen-bond acceptors (Lipinski definition) is 3. The molecule has 1 aromatic carbocycles. The summed E-state index contributed by atoms with van der Waals surface area (Å²) in [6, 6.07) is 3.50. The lowest BCUT2D eigenvalue weighted by atomic mass is 9.91. The molecular weight excluding hydrogens is 272 g/mol. The van der Waals surface area contributed by atoms with E-state index in [9.17, 15) is 8.42 Å². The van der Waals surface area contributed by atoms with Crippen molar-refractivity contribution in [3.63, 3.8) is 0 Å². The molecule has 0 radical (unpaired) electrons. The van der Waals surface area contributed by atoms with Gasteiger partial charge in [0.2, 0.25) is 10.0 Å². The lowest BCUT2D eigenvalue weighted by Crippen LogP contribution is -2.47. The molecule has 3 N–H and O–H groups in total. The molecule has 1 rings (SSSR count). The second-order valence-corrected chi connectivity index (χ2v) is 6.99. The van der Waals surface area contributed by atoms with Crippen LogP contribution in [0.15, 0.2) is 17.0 Å². The molecule has 0 aromatic heterocycles. The van der Waals surface area contributed by atoms with Crippen LogP contribution in [-0.2, 0) is 10.0 Å². The predicted molar refractivity (Wildman–Crippen MR) is 84.3 cm³/mol. The van der Waals surface area contributed by atoms with E-state index in [4.69, 9.17) is 5.73 Å². The lowest BCUT2D eigenvalue weighted by Gasteiger charge is -2.32. The van der Waals surface area contributed by atoms with E-state index in [2.05, 4.69) is 4.72 Å². The summed E-state index contributed by atoms with van der Waals surface area (Å²) >= 11 is 0. The van der Waals surface area contributed by atoms with Crippen LogP contribution in [0.5, 0.6) is 0 Å². The summed E-state index contributed by atoms with van der Waals surface area (Å²) in [5.74, 6) is 0. The fourth-order valence-corrected chi connectivity index (χ4v) is 4.52. The van der Waals surface area contributed by atoms with Gasteiger partial charge in [-0.15, -0.1) is 0 Å². The van der Waals surface area contributed by atoms with Crippen LogP contribution in [-0.4, -0.2) is 14.0 Å². The number of hydrogen-bond donors (Lipinski definition) is 2. The minimum Gasteiger partial charge on any atom is -0.398 e. The van der Waals surface area contributed by atoms with Gasteiger partial charge in [-0.3, -0.25) is 0 Å². The van der Waals surface area contributed by atoms with Gasteiger partial charge in [-0.25, -0.2) is 13.1 Å². The molecule has 114 valence electrons. The van der Waals surface area contributed by atoms with Gasteiger partial charge in [0.15, 0.2) is 0 Å². The van der Waals surface area contributed by atoms with Gasteiger partial charge in [0.05, 0.1) is 5.69 Å². The van der Waals surface area contributed by atoms with E-state index in [1.807, 2.05) is 33.8 Å². The van der Waals surface area contributed by atoms with Crippen LogP contribution in [0.2, 0.25) is 0 Å². The van der Waals surface area contributed by atoms with Crippen molar-refractivity contribution in [2.24, 2.45) is 0 Å². The van der Waals surface area contributed by atoms with Gasteiger partial charge < -0.3 is 5.73 Å². The lowest BCUT2D eigenvalue weighted by molar-refractivity contribution is 0.341. The number of nitrogen functional groups attached to an aromatic ring is 1. The molecule has 0 saturated heterocycles. The standard InChI is InChI=1S/C15H26N2O2S/c1-6-15(7-2,8-3)17-20(18,19)14-12(5)11(4)9-10-13(14)16/h9-10,17H,6-8,16H2,1-5H3. The van der Waals surface area contributed by atoms with Gasteiger partial charge in [0, 0.05) is 5.54 Å². The zero-order valence-electron chi connectivity index (χ0n) is 13.1. The average Bonchev–Trinajstić information content (AvgIpc) is 2.40. The molecule has 0 unspecified atom stereocenters. The van der Waals surface area contributed by atoms with E-state index in [0.29, 0.717) is 5.69 Å². The zero-order valence-corrected chi connectivity index (χ0v) is 13.9. The second-order valence-electron chi connectivity index (χ2n) is 5.37. The molecule has 0 bridgehead atoms. The minimum atomic E-state index is -3.61. The highest BCUT2D eigenvalue weighted by Crippen LogP contribution is 2.29. The first-order valence-corrected chi connectivity index (χ1v) is 8.61. The van der Waals surface area contributed by atoms with E-state index in [0.717, 1.165) is 30.4 Å². The molecule has 20 heavy (non-hydrogen) atoms. The number of nitrogens with one attached hydrogen (secondary N) is 1. The van der Waals surface area contributed by atoms with Crippen LogP contribution in [0.25, 0.3) is 0 Å². The smallest absolute Gasteiger partial charge is 0.243 e. The summed E-state index contributed by atoms with van der Waals surface area (Å²) in [6.45, 7) is 9.69. The largest absolute Gasteiger partial charge is 0.398 e. The van der Waals surface area contributed by atoms with Crippen molar-refractivity contribution in [2.75, 3.05) is 5.73 Å². The maximum Gasteiger partial charge on any atom is 0.243 e. The van der Waals surface area contributed by atoms with Crippen LogP contribution in [0, 0.1) is 13.8 Å². The molecule has 0 heterocycles. The van der Waals surface area contributed by atoms with Crippen molar-refractivity contribution in [3.8, 4) is 0 Å². The normalized spacial score (nSPS) is 12.7. The van der Waals surface area contributed by atoms with Crippen LogP contribution in [0.4, 0.5) is 5.69 Å². The molecule has 5 heteroatoms. The number of nitrogens with two attached hydrogens (primary N) is 1. The molecule has 0 saturated carbocycles. The van der Waals surface area contributed by atoms with Gasteiger partial charge in [0.1, 0.15) is 4.90 Å². The number of aryl methyl sites for hydroxylation is 1. The Hall–Kier alpha value is -1.07. The molecule has 1 aromatic rings. The highest BCUT2D eigenvalue weighted by atomic mass is 32.2. The van der Waals surface area contributed by atoms with Gasteiger partial charge in [-0.05, 0) is 50.3 Å². The molecular formula is C15H26N2O2S. The number of benzene rings is 1. The monoisotopic (exact) mass is 298 g/mol. The number of sulfonamides is 1. The average molecular weight is 298 g/mol. The Labute approximate surface area is 122 Å². The predicted octanol–water partition coefficient (Wildman–Crippen LogP) is 3.13. The topological polar surface area (TPSA) is 72.2 Å². The molecule has 0 fully saturated rings. The Morgan fingerprint density at radius 3 is 2.05 bits per heavy atom. The summed E-state index contributed by atoms with van der Waals surface area (Å²) in [5.41, 5.74) is 7.45. The van der Waals surface area contributed by atoms with Gasteiger partial charge in [0.25, 0.3) is 0 Å². The molecule has 0 amide bonds. The van der Waals surface area contributed by atoms with E-state index >= 15 is 0 Å². The third kappa shape index (κ3) is 3.15. The molecule has 0 spiro atoms. The maximum atomic E-state index is 12.7. The Kier molecular flexibility index (Phi) is 5.21. The minimum absolute atomic E-state index is 0.220. The highest BCUT2D eigenvalue weighted by molar-refractivity contribution is 7.89. The quantitative estimate of drug-likeness (QED) is 0.792. The first-order chi connectivity index (χ1) is 9.23. The SMILES string of the molecule is CCC(CC)(CC)NS(=O)(=O)c1c(N)ccc(C)c1C. The van der Waals surface area contributed by atoms with Crippen molar-refractivity contribution in [1.29, 1.82) is 0 Å². The van der Waals surface area contributed by atoms with E-state index in [-0.39, 0.29) is 4.90 Å². The van der Waals surface area contributed by atoms with E-state index in [1.54, 1.807) is 13.0 Å². The van der Waals surface area contributed by atoms with E-state index in [1.165, 1.54) is 0 Å². The van der Waals surface area contributed by atoms with Crippen LogP contribution >= 0.6 is 0 Å². The van der Waals surface area contributed by atoms with E-state index < -0.39 is 15.6 Å². The Morgan fingerprint density at radius 1 is 1.10 bits per heavy atom. The van der Waals surface area contributed by atoms with Crippen molar-refractivity contribution in [3.05, 3.63) is 23.3 Å². The third-order valence-electron chi connectivity index (χ3n) is 4.36. The van der Waals surface area contributed by atoms with Gasteiger partial charge in [-0.1, -0.05) is 26.8 Å². The highest BCUT2D eigenvalue weighted by Gasteiger charge is 2.32. The van der Waals surface area contributed by atoms with Gasteiger partial charge >= 0.3 is 0 Å². The van der Waals surface area contributed by atoms with Crippen molar-refractivity contribution in [2.45, 2.75) is 64.3 Å². The van der Waals surface area contributed by atoms with Crippen LogP contribution in [0.1, 0.15) is 51.2 Å². The summed E-state index contributed by atoms with van der Waals surface area (Å²) in [4.78, 5) is 0.220. The molecule has 4 nitrogen and oxygen atoms in total. The first kappa shape index (κ1) is 17.0. The maximum absolute atomic E-state index is 12.7. The fourth-order valence-electron chi connectivity index (χ4n) is 2.47. The fraction of sp³-hybridized carbons (Fsp3) is 0.600. The summed E-state index contributed by atoms with van der Waals surface area (Å²) in [5, 5.41) is 0. The van der Waals surface area contributed by atoms with Crippen molar-refractivity contribution >= 4 is 15.7 Å². The van der Waals surface area contributed by atoms with Gasteiger partial charge in [-0.2, -0.15) is 0 Å². The Morgan fingerprint density at radius 2 is 1.60 bits per heavy atom. The third-order valence-corrected chi connectivity index (χ3v) is 6.14. The molecule has 0 atom stereocenters. The summed E-state index contributed by atoms with van der Waals surface area (Å²) in [7, 11) is -3.61. The summed E-state index contributed by atoms with van der Waals surface area (Å²) < 4.78 is 28.3. The zero-order chi connectivity index (χ0) is 15.6. The van der Waals surface area contributed by atoms with Crippen molar-refractivity contribution < 1.29 is 8.42 Å². The van der Waals surface area contributed by atoms with Crippen molar-refractivity contribution in [1.82, 2.24) is 4.72 Å². The first-order valence-electron chi connectivity index (χ1n) is 7.12. The molecule has 0 aliphatic heterocycles.